The van der Waals surface area contributed by atoms with Gasteiger partial charge >= 0.3 is 0 Å². The molecular weight excluding hydrogens is 190 g/mol. The van der Waals surface area contributed by atoms with Crippen LogP contribution in [-0.4, -0.2) is 34.2 Å². The standard InChI is InChI=1S/C8H15NOS2/c1-2-3-7(11)8(10)9-4-5-12-6-9/h7,11H,2-6H2,1H3. The monoisotopic (exact) mass is 205 g/mol. The molecule has 12 heavy (non-hydrogen) atoms. The molecule has 2 nitrogen and oxygen atoms in total. The fraction of sp³-hybridized carbons (Fsp3) is 0.875. The van der Waals surface area contributed by atoms with Gasteiger partial charge in [-0.05, 0) is 6.42 Å². The zero-order valence-corrected chi connectivity index (χ0v) is 9.03. The number of carbonyl (C=O) groups is 1. The van der Waals surface area contributed by atoms with Gasteiger partial charge in [-0.1, -0.05) is 13.3 Å². The van der Waals surface area contributed by atoms with Crippen LogP contribution in [0.15, 0.2) is 0 Å². The molecule has 0 aromatic heterocycles. The fourth-order valence-corrected chi connectivity index (χ4v) is 2.57. The quantitative estimate of drug-likeness (QED) is 0.707. The Morgan fingerprint density at radius 1 is 1.75 bits per heavy atom. The van der Waals surface area contributed by atoms with Gasteiger partial charge in [-0.3, -0.25) is 4.79 Å². The lowest BCUT2D eigenvalue weighted by atomic mass is 10.2. The maximum atomic E-state index is 11.6. The summed E-state index contributed by atoms with van der Waals surface area (Å²) in [5, 5.41) is -0.0753. The highest BCUT2D eigenvalue weighted by Gasteiger charge is 2.23. The van der Waals surface area contributed by atoms with Crippen molar-refractivity contribution in [2.45, 2.75) is 25.0 Å². The molecule has 70 valence electrons. The molecule has 1 atom stereocenters. The van der Waals surface area contributed by atoms with E-state index in [-0.39, 0.29) is 11.2 Å². The topological polar surface area (TPSA) is 20.3 Å². The summed E-state index contributed by atoms with van der Waals surface area (Å²) in [6.45, 7) is 2.99. The van der Waals surface area contributed by atoms with Gasteiger partial charge in [0, 0.05) is 12.3 Å². The van der Waals surface area contributed by atoms with Crippen molar-refractivity contribution in [1.29, 1.82) is 0 Å². The van der Waals surface area contributed by atoms with Crippen LogP contribution in [0, 0.1) is 0 Å². The molecule has 0 aliphatic carbocycles. The van der Waals surface area contributed by atoms with Gasteiger partial charge < -0.3 is 4.90 Å². The van der Waals surface area contributed by atoms with E-state index in [0.717, 1.165) is 31.0 Å². The minimum absolute atomic E-state index is 0.0753. The minimum Gasteiger partial charge on any atom is -0.332 e. The molecule has 1 amide bonds. The average molecular weight is 205 g/mol. The third-order valence-corrected chi connectivity index (χ3v) is 3.36. The Bertz CT molecular complexity index is 157. The lowest BCUT2D eigenvalue weighted by Crippen LogP contribution is -2.34. The summed E-state index contributed by atoms with van der Waals surface area (Å²) >= 11 is 6.10. The van der Waals surface area contributed by atoms with Crippen molar-refractivity contribution in [2.75, 3.05) is 18.2 Å². The van der Waals surface area contributed by atoms with Crippen molar-refractivity contribution >= 4 is 30.3 Å². The Morgan fingerprint density at radius 2 is 2.50 bits per heavy atom. The van der Waals surface area contributed by atoms with Gasteiger partial charge in [-0.15, -0.1) is 11.8 Å². The maximum absolute atomic E-state index is 11.6. The molecule has 4 heteroatoms. The lowest BCUT2D eigenvalue weighted by Gasteiger charge is -2.18. The normalized spacial score (nSPS) is 19.7. The summed E-state index contributed by atoms with van der Waals surface area (Å²) in [7, 11) is 0. The minimum atomic E-state index is -0.0753. The van der Waals surface area contributed by atoms with Crippen LogP contribution in [-0.2, 0) is 4.79 Å². The first-order valence-electron chi connectivity index (χ1n) is 4.30. The highest BCUT2D eigenvalue weighted by Crippen LogP contribution is 2.17. The molecule has 0 aromatic rings. The van der Waals surface area contributed by atoms with E-state index >= 15 is 0 Å². The van der Waals surface area contributed by atoms with Crippen LogP contribution in [0.2, 0.25) is 0 Å². The van der Waals surface area contributed by atoms with Gasteiger partial charge in [0.1, 0.15) is 0 Å². The average Bonchev–Trinajstić information content (AvgIpc) is 2.55. The smallest absolute Gasteiger partial charge is 0.236 e. The van der Waals surface area contributed by atoms with Crippen LogP contribution < -0.4 is 0 Å². The first kappa shape index (κ1) is 10.3. The van der Waals surface area contributed by atoms with Gasteiger partial charge in [0.05, 0.1) is 11.1 Å². The molecule has 0 saturated carbocycles. The third kappa shape index (κ3) is 2.59. The molecule has 0 spiro atoms. The van der Waals surface area contributed by atoms with Gasteiger partial charge in [0.25, 0.3) is 0 Å². The molecule has 0 radical (unpaired) electrons. The summed E-state index contributed by atoms with van der Waals surface area (Å²) in [4.78, 5) is 13.5. The van der Waals surface area contributed by atoms with Crippen LogP contribution in [0.1, 0.15) is 19.8 Å². The van der Waals surface area contributed by atoms with E-state index < -0.39 is 0 Å². The number of thiol groups is 1. The predicted octanol–water partition coefficient (Wildman–Crippen LogP) is 1.62. The van der Waals surface area contributed by atoms with E-state index in [1.807, 2.05) is 16.7 Å². The van der Waals surface area contributed by atoms with E-state index in [0.29, 0.717) is 0 Å². The van der Waals surface area contributed by atoms with Crippen LogP contribution in [0.4, 0.5) is 0 Å². The number of carbonyl (C=O) groups excluding carboxylic acids is 1. The Hall–Kier alpha value is 0.170. The third-order valence-electron chi connectivity index (χ3n) is 1.91. The molecule has 1 aliphatic heterocycles. The van der Waals surface area contributed by atoms with Crippen molar-refractivity contribution in [3.63, 3.8) is 0 Å². The number of amides is 1. The summed E-state index contributed by atoms with van der Waals surface area (Å²) in [5.41, 5.74) is 0. The molecule has 1 rings (SSSR count). The van der Waals surface area contributed by atoms with Crippen molar-refractivity contribution < 1.29 is 4.79 Å². The van der Waals surface area contributed by atoms with Gasteiger partial charge in [0.2, 0.25) is 5.91 Å². The highest BCUT2D eigenvalue weighted by atomic mass is 32.2. The van der Waals surface area contributed by atoms with Gasteiger partial charge in [-0.2, -0.15) is 12.6 Å². The molecule has 0 aromatic carbocycles. The largest absolute Gasteiger partial charge is 0.332 e. The van der Waals surface area contributed by atoms with Crippen molar-refractivity contribution in [3.8, 4) is 0 Å². The Kier molecular flexibility index (Phi) is 4.29. The van der Waals surface area contributed by atoms with Crippen LogP contribution >= 0.6 is 24.4 Å². The van der Waals surface area contributed by atoms with Crippen LogP contribution in [0.25, 0.3) is 0 Å². The van der Waals surface area contributed by atoms with Crippen LogP contribution in [0.5, 0.6) is 0 Å². The van der Waals surface area contributed by atoms with E-state index in [2.05, 4.69) is 19.6 Å². The lowest BCUT2D eigenvalue weighted by molar-refractivity contribution is -0.129. The Morgan fingerprint density at radius 3 is 3.00 bits per heavy atom. The molecular formula is C8H15NOS2. The molecule has 1 unspecified atom stereocenters. The number of hydrogen-bond acceptors (Lipinski definition) is 3. The van der Waals surface area contributed by atoms with E-state index in [1.54, 1.807) is 0 Å². The number of nitrogens with zero attached hydrogens (tertiary/aromatic N) is 1. The predicted molar refractivity (Wildman–Crippen MR) is 56.7 cm³/mol. The Balaban J connectivity index is 2.34. The first-order valence-corrected chi connectivity index (χ1v) is 5.97. The zero-order chi connectivity index (χ0) is 8.97. The second-order valence-corrected chi connectivity index (χ2v) is 4.64. The van der Waals surface area contributed by atoms with Crippen molar-refractivity contribution in [2.24, 2.45) is 0 Å². The molecule has 1 saturated heterocycles. The zero-order valence-electron chi connectivity index (χ0n) is 7.32. The van der Waals surface area contributed by atoms with Crippen LogP contribution in [0.3, 0.4) is 0 Å². The number of rotatable bonds is 3. The second kappa shape index (κ2) is 5.02. The SMILES string of the molecule is CCCC(S)C(=O)N1CCSC1. The summed E-state index contributed by atoms with van der Waals surface area (Å²) in [6.07, 6.45) is 1.92. The summed E-state index contributed by atoms with van der Waals surface area (Å²) in [5.74, 6) is 2.16. The first-order chi connectivity index (χ1) is 5.75. The van der Waals surface area contributed by atoms with Gasteiger partial charge in [-0.25, -0.2) is 0 Å². The highest BCUT2D eigenvalue weighted by molar-refractivity contribution is 7.99. The molecule has 0 bridgehead atoms. The second-order valence-electron chi connectivity index (χ2n) is 2.94. The van der Waals surface area contributed by atoms with Crippen molar-refractivity contribution in [1.82, 2.24) is 4.90 Å². The van der Waals surface area contributed by atoms with E-state index in [1.165, 1.54) is 0 Å². The van der Waals surface area contributed by atoms with Gasteiger partial charge in [0.15, 0.2) is 0 Å². The van der Waals surface area contributed by atoms with E-state index in [4.69, 9.17) is 0 Å². The Labute approximate surface area is 83.5 Å². The van der Waals surface area contributed by atoms with E-state index in [9.17, 15) is 4.79 Å². The molecule has 1 fully saturated rings. The van der Waals surface area contributed by atoms with Crippen molar-refractivity contribution in [3.05, 3.63) is 0 Å². The molecule has 1 aliphatic rings. The summed E-state index contributed by atoms with van der Waals surface area (Å²) in [6, 6.07) is 0. The molecule has 1 heterocycles. The summed E-state index contributed by atoms with van der Waals surface area (Å²) < 4.78 is 0. The molecule has 0 N–H and O–H groups in total. The number of thioether (sulfide) groups is 1. The number of hydrogen-bond donors (Lipinski definition) is 1. The fourth-order valence-electron chi connectivity index (χ4n) is 1.20. The maximum Gasteiger partial charge on any atom is 0.236 e.